The zero-order valence-corrected chi connectivity index (χ0v) is 13.0. The normalized spacial score (nSPS) is 11.1. The summed E-state index contributed by atoms with van der Waals surface area (Å²) in [4.78, 5) is 20.9. The fraction of sp³-hybridized carbons (Fsp3) is 0.0625. The lowest BCUT2D eigenvalue weighted by Gasteiger charge is -1.99. The highest BCUT2D eigenvalue weighted by Crippen LogP contribution is 2.17. The van der Waals surface area contributed by atoms with Gasteiger partial charge in [-0.15, -0.1) is 0 Å². The Morgan fingerprint density at radius 3 is 2.82 bits per heavy atom. The monoisotopic (exact) mass is 358 g/mol. The molecular weight excluding hydrogens is 348 g/mol. The number of nitrogens with zero attached hydrogens (tertiary/aromatic N) is 2. The summed E-state index contributed by atoms with van der Waals surface area (Å²) in [6.45, 7) is 0. The number of carbonyl (C=O) groups excluding carboxylic acids is 1. The number of benzene rings is 2. The summed E-state index contributed by atoms with van der Waals surface area (Å²) < 4.78 is 6.19. The maximum absolute atomic E-state index is 11.8. The van der Waals surface area contributed by atoms with E-state index in [4.69, 9.17) is 9.25 Å². The quantitative estimate of drug-likeness (QED) is 0.402. The Bertz CT molecular complexity index is 809. The molecule has 3 aromatic rings. The Hall–Kier alpha value is -2.47. The summed E-state index contributed by atoms with van der Waals surface area (Å²) in [5, 5.41) is 3.66. The molecule has 0 spiro atoms. The van der Waals surface area contributed by atoms with Crippen LogP contribution in [-0.2, 0) is 11.3 Å². The van der Waals surface area contributed by atoms with Gasteiger partial charge in [-0.1, -0.05) is 29.4 Å². The molecule has 0 bridgehead atoms. The van der Waals surface area contributed by atoms with E-state index >= 15 is 0 Å². The summed E-state index contributed by atoms with van der Waals surface area (Å²) in [6.07, 6.45) is 1.79. The standard InChI is InChI=1S/C16H11BrN2O3/c17-12-6-2-1-5-11(12)16(20)22-18-10-9-15-19-13-7-3-4-8-14(13)21-15/h1-8,10H,9H2. The van der Waals surface area contributed by atoms with Gasteiger partial charge in [-0.25, -0.2) is 9.78 Å². The van der Waals surface area contributed by atoms with Crippen molar-refractivity contribution >= 4 is 39.2 Å². The van der Waals surface area contributed by atoms with Crippen LogP contribution in [0.15, 0.2) is 62.6 Å². The van der Waals surface area contributed by atoms with Gasteiger partial charge in [-0.05, 0) is 40.2 Å². The largest absolute Gasteiger partial charge is 0.440 e. The number of oxime groups is 1. The van der Waals surface area contributed by atoms with Gasteiger partial charge in [0.2, 0.25) is 5.89 Å². The summed E-state index contributed by atoms with van der Waals surface area (Å²) in [7, 11) is 0. The Balaban J connectivity index is 1.61. The molecule has 0 unspecified atom stereocenters. The first-order chi connectivity index (χ1) is 10.7. The lowest BCUT2D eigenvalue weighted by molar-refractivity contribution is 0.0517. The molecular formula is C16H11BrN2O3. The average molecular weight is 359 g/mol. The fourth-order valence-corrected chi connectivity index (χ4v) is 2.33. The molecule has 0 aliphatic heterocycles. The average Bonchev–Trinajstić information content (AvgIpc) is 2.94. The number of aromatic nitrogens is 1. The van der Waals surface area contributed by atoms with Crippen molar-refractivity contribution in [1.82, 2.24) is 4.98 Å². The van der Waals surface area contributed by atoms with E-state index in [1.807, 2.05) is 30.3 Å². The van der Waals surface area contributed by atoms with Crippen molar-refractivity contribution in [3.63, 3.8) is 0 Å². The van der Waals surface area contributed by atoms with Crippen molar-refractivity contribution in [3.8, 4) is 0 Å². The zero-order valence-electron chi connectivity index (χ0n) is 11.4. The Labute approximate surface area is 134 Å². The fourth-order valence-electron chi connectivity index (χ4n) is 1.88. The molecule has 0 amide bonds. The van der Waals surface area contributed by atoms with Crippen molar-refractivity contribution < 1.29 is 14.0 Å². The predicted octanol–water partition coefficient (Wildman–Crippen LogP) is 3.98. The van der Waals surface area contributed by atoms with Gasteiger partial charge in [-0.3, -0.25) is 0 Å². The van der Waals surface area contributed by atoms with Gasteiger partial charge in [0.25, 0.3) is 0 Å². The molecule has 3 rings (SSSR count). The molecule has 1 heterocycles. The second-order valence-electron chi connectivity index (χ2n) is 4.43. The van der Waals surface area contributed by atoms with E-state index in [9.17, 15) is 4.79 Å². The first-order valence-corrected chi connectivity index (χ1v) is 7.35. The van der Waals surface area contributed by atoms with Crippen molar-refractivity contribution in [2.75, 3.05) is 0 Å². The van der Waals surface area contributed by atoms with Crippen LogP contribution in [0, 0.1) is 0 Å². The molecule has 6 heteroatoms. The number of para-hydroxylation sites is 2. The highest BCUT2D eigenvalue weighted by Gasteiger charge is 2.10. The maximum atomic E-state index is 11.8. The highest BCUT2D eigenvalue weighted by molar-refractivity contribution is 9.10. The van der Waals surface area contributed by atoms with Crippen LogP contribution in [0.3, 0.4) is 0 Å². The molecule has 0 radical (unpaired) electrons. The van der Waals surface area contributed by atoms with E-state index in [-0.39, 0.29) is 0 Å². The molecule has 110 valence electrons. The number of fused-ring (bicyclic) bond motifs is 1. The van der Waals surface area contributed by atoms with Crippen LogP contribution in [0.5, 0.6) is 0 Å². The van der Waals surface area contributed by atoms with Crippen molar-refractivity contribution in [3.05, 3.63) is 64.5 Å². The lowest BCUT2D eigenvalue weighted by Crippen LogP contribution is -2.02. The third-order valence-electron chi connectivity index (χ3n) is 2.91. The van der Waals surface area contributed by atoms with Gasteiger partial charge < -0.3 is 9.25 Å². The van der Waals surface area contributed by atoms with E-state index in [0.29, 0.717) is 22.3 Å². The molecule has 0 aliphatic rings. The molecule has 0 saturated heterocycles. The highest BCUT2D eigenvalue weighted by atomic mass is 79.9. The molecule has 0 N–H and O–H groups in total. The van der Waals surface area contributed by atoms with Crippen LogP contribution >= 0.6 is 15.9 Å². The van der Waals surface area contributed by atoms with Crippen LogP contribution in [0.4, 0.5) is 0 Å². The summed E-state index contributed by atoms with van der Waals surface area (Å²) in [5.74, 6) is -0.0109. The van der Waals surface area contributed by atoms with E-state index < -0.39 is 5.97 Å². The number of hydrogen-bond donors (Lipinski definition) is 0. The van der Waals surface area contributed by atoms with E-state index in [2.05, 4.69) is 26.1 Å². The van der Waals surface area contributed by atoms with Gasteiger partial charge >= 0.3 is 5.97 Å². The van der Waals surface area contributed by atoms with Crippen LogP contribution in [0.25, 0.3) is 11.1 Å². The Morgan fingerprint density at radius 2 is 2.00 bits per heavy atom. The van der Waals surface area contributed by atoms with Gasteiger partial charge in [-0.2, -0.15) is 0 Å². The zero-order chi connectivity index (χ0) is 15.4. The first kappa shape index (κ1) is 14.5. The Morgan fingerprint density at radius 1 is 1.23 bits per heavy atom. The third kappa shape index (κ3) is 3.23. The smallest absolute Gasteiger partial charge is 0.366 e. The summed E-state index contributed by atoms with van der Waals surface area (Å²) in [6, 6.07) is 14.5. The van der Waals surface area contributed by atoms with E-state index in [0.717, 1.165) is 11.1 Å². The first-order valence-electron chi connectivity index (χ1n) is 6.56. The minimum absolute atomic E-state index is 0.345. The molecule has 0 atom stereocenters. The molecule has 22 heavy (non-hydrogen) atoms. The molecule has 2 aromatic carbocycles. The maximum Gasteiger partial charge on any atom is 0.366 e. The number of halogens is 1. The van der Waals surface area contributed by atoms with E-state index in [1.165, 1.54) is 6.21 Å². The van der Waals surface area contributed by atoms with Gasteiger partial charge in [0.15, 0.2) is 5.58 Å². The lowest BCUT2D eigenvalue weighted by atomic mass is 10.2. The van der Waals surface area contributed by atoms with Gasteiger partial charge in [0, 0.05) is 4.47 Å². The van der Waals surface area contributed by atoms with Crippen LogP contribution < -0.4 is 0 Å². The number of oxazole rings is 1. The SMILES string of the molecule is O=C(ON=CCc1nc2ccccc2o1)c1ccccc1Br. The second kappa shape index (κ2) is 6.53. The van der Waals surface area contributed by atoms with E-state index in [1.54, 1.807) is 18.2 Å². The summed E-state index contributed by atoms with van der Waals surface area (Å²) >= 11 is 3.28. The van der Waals surface area contributed by atoms with Gasteiger partial charge in [0.1, 0.15) is 5.52 Å². The number of rotatable bonds is 4. The second-order valence-corrected chi connectivity index (χ2v) is 5.28. The molecule has 1 aromatic heterocycles. The third-order valence-corrected chi connectivity index (χ3v) is 3.60. The number of hydrogen-bond acceptors (Lipinski definition) is 5. The minimum Gasteiger partial charge on any atom is -0.440 e. The molecule has 5 nitrogen and oxygen atoms in total. The van der Waals surface area contributed by atoms with Gasteiger partial charge in [0.05, 0.1) is 18.2 Å². The molecule has 0 saturated carbocycles. The molecule has 0 aliphatic carbocycles. The van der Waals surface area contributed by atoms with Crippen molar-refractivity contribution in [2.24, 2.45) is 5.16 Å². The number of carbonyl (C=O) groups is 1. The van der Waals surface area contributed by atoms with Crippen molar-refractivity contribution in [2.45, 2.75) is 6.42 Å². The van der Waals surface area contributed by atoms with Crippen molar-refractivity contribution in [1.29, 1.82) is 0 Å². The van der Waals surface area contributed by atoms with Crippen LogP contribution in [-0.4, -0.2) is 17.2 Å². The predicted molar refractivity (Wildman–Crippen MR) is 85.8 cm³/mol. The topological polar surface area (TPSA) is 64.7 Å². The minimum atomic E-state index is -0.527. The van der Waals surface area contributed by atoms with Crippen LogP contribution in [0.2, 0.25) is 0 Å². The van der Waals surface area contributed by atoms with Crippen LogP contribution in [0.1, 0.15) is 16.2 Å². The summed E-state index contributed by atoms with van der Waals surface area (Å²) in [5.41, 5.74) is 1.92. The molecule has 0 fully saturated rings. The Kier molecular flexibility index (Phi) is 4.29.